The van der Waals surface area contributed by atoms with Crippen LogP contribution in [0.4, 0.5) is 11.5 Å². The largest absolute Gasteiger partial charge is 0.383 e. The normalized spacial score (nSPS) is 10.0. The molecule has 0 saturated carbocycles. The number of aromatic nitrogens is 2. The molecule has 1 amide bonds. The lowest BCUT2D eigenvalue weighted by atomic mass is 10.2. The standard InChI is InChI=1S/C14H15N5O/c1-18-13(16)12(10-17-18)14(20)19(9-5-8-15)11-6-3-2-4-7-11/h2-4,6-7,10H,5,9,16H2,1H3. The number of carbonyl (C=O) groups excluding carboxylic acids is 1. The second-order valence-electron chi connectivity index (χ2n) is 4.27. The van der Waals surface area contributed by atoms with E-state index in [1.54, 1.807) is 7.05 Å². The summed E-state index contributed by atoms with van der Waals surface area (Å²) >= 11 is 0. The zero-order valence-electron chi connectivity index (χ0n) is 11.2. The quantitative estimate of drug-likeness (QED) is 0.912. The predicted molar refractivity (Wildman–Crippen MR) is 76.0 cm³/mol. The number of benzene rings is 1. The molecule has 2 aromatic rings. The first-order valence-corrected chi connectivity index (χ1v) is 6.16. The van der Waals surface area contributed by atoms with E-state index in [9.17, 15) is 4.79 Å². The Bertz CT molecular complexity index is 641. The molecule has 6 nitrogen and oxygen atoms in total. The Hall–Kier alpha value is -2.81. The minimum absolute atomic E-state index is 0.251. The fourth-order valence-electron chi connectivity index (χ4n) is 1.87. The number of anilines is 2. The highest BCUT2D eigenvalue weighted by Gasteiger charge is 2.21. The Morgan fingerprint density at radius 2 is 2.15 bits per heavy atom. The van der Waals surface area contributed by atoms with Crippen molar-refractivity contribution >= 4 is 17.4 Å². The third-order valence-corrected chi connectivity index (χ3v) is 2.98. The Balaban J connectivity index is 2.34. The summed E-state index contributed by atoms with van der Waals surface area (Å²) in [4.78, 5) is 14.1. The molecule has 0 unspecified atom stereocenters. The molecule has 0 spiro atoms. The molecule has 0 bridgehead atoms. The number of nitrogens with two attached hydrogens (primary N) is 1. The lowest BCUT2D eigenvalue weighted by Gasteiger charge is -2.21. The van der Waals surface area contributed by atoms with Crippen LogP contribution in [0.3, 0.4) is 0 Å². The molecule has 0 aliphatic heterocycles. The van der Waals surface area contributed by atoms with E-state index >= 15 is 0 Å². The maximum atomic E-state index is 12.6. The highest BCUT2D eigenvalue weighted by Crippen LogP contribution is 2.19. The Morgan fingerprint density at radius 1 is 1.45 bits per heavy atom. The van der Waals surface area contributed by atoms with Crippen molar-refractivity contribution in [3.05, 3.63) is 42.1 Å². The van der Waals surface area contributed by atoms with Crippen LogP contribution in [-0.4, -0.2) is 22.2 Å². The third-order valence-electron chi connectivity index (χ3n) is 2.98. The topological polar surface area (TPSA) is 87.9 Å². The van der Waals surface area contributed by atoms with Crippen LogP contribution in [0, 0.1) is 11.3 Å². The molecule has 1 heterocycles. The summed E-state index contributed by atoms with van der Waals surface area (Å²) in [5.74, 6) is 0.0601. The minimum atomic E-state index is -0.253. The Kier molecular flexibility index (Phi) is 4.01. The second kappa shape index (κ2) is 5.89. The maximum absolute atomic E-state index is 12.6. The van der Waals surface area contributed by atoms with Crippen molar-refractivity contribution in [3.8, 4) is 6.07 Å². The molecule has 0 aliphatic rings. The number of carbonyl (C=O) groups is 1. The molecule has 0 aliphatic carbocycles. The molecule has 0 saturated heterocycles. The van der Waals surface area contributed by atoms with E-state index in [1.165, 1.54) is 15.8 Å². The second-order valence-corrected chi connectivity index (χ2v) is 4.27. The zero-order valence-corrected chi connectivity index (χ0v) is 11.2. The smallest absolute Gasteiger partial charge is 0.263 e. The van der Waals surface area contributed by atoms with Gasteiger partial charge in [0.05, 0.1) is 18.7 Å². The summed E-state index contributed by atoms with van der Waals surface area (Å²) in [5.41, 5.74) is 6.91. The lowest BCUT2D eigenvalue weighted by molar-refractivity contribution is 0.0988. The molecule has 20 heavy (non-hydrogen) atoms. The predicted octanol–water partition coefficient (Wildman–Crippen LogP) is 1.56. The number of hydrogen-bond acceptors (Lipinski definition) is 4. The first-order chi connectivity index (χ1) is 9.65. The van der Waals surface area contributed by atoms with E-state index in [2.05, 4.69) is 5.10 Å². The zero-order chi connectivity index (χ0) is 14.5. The van der Waals surface area contributed by atoms with Crippen LogP contribution in [0.5, 0.6) is 0 Å². The first kappa shape index (κ1) is 13.6. The molecular formula is C14H15N5O. The van der Waals surface area contributed by atoms with E-state index in [0.29, 0.717) is 17.9 Å². The highest BCUT2D eigenvalue weighted by molar-refractivity contribution is 6.08. The van der Waals surface area contributed by atoms with Crippen molar-refractivity contribution in [2.45, 2.75) is 6.42 Å². The SMILES string of the molecule is Cn1ncc(C(=O)N(CCC#N)c2ccccc2)c1N. The van der Waals surface area contributed by atoms with Gasteiger partial charge in [0, 0.05) is 19.3 Å². The van der Waals surface area contributed by atoms with Gasteiger partial charge in [0.25, 0.3) is 5.91 Å². The molecule has 1 aromatic heterocycles. The molecule has 0 radical (unpaired) electrons. The van der Waals surface area contributed by atoms with Crippen molar-refractivity contribution < 1.29 is 4.79 Å². The number of nitrogens with zero attached hydrogens (tertiary/aromatic N) is 4. The summed E-state index contributed by atoms with van der Waals surface area (Å²) in [6.07, 6.45) is 1.70. The maximum Gasteiger partial charge on any atom is 0.263 e. The van der Waals surface area contributed by atoms with Crippen LogP contribution in [0.1, 0.15) is 16.8 Å². The van der Waals surface area contributed by atoms with E-state index < -0.39 is 0 Å². The van der Waals surface area contributed by atoms with E-state index in [1.807, 2.05) is 36.4 Å². The first-order valence-electron chi connectivity index (χ1n) is 6.16. The number of amides is 1. The number of nitrogen functional groups attached to an aromatic ring is 1. The fourth-order valence-corrected chi connectivity index (χ4v) is 1.87. The highest BCUT2D eigenvalue weighted by atomic mass is 16.2. The van der Waals surface area contributed by atoms with Gasteiger partial charge in [-0.3, -0.25) is 9.48 Å². The minimum Gasteiger partial charge on any atom is -0.383 e. The van der Waals surface area contributed by atoms with Gasteiger partial charge < -0.3 is 10.6 Å². The summed E-state index contributed by atoms with van der Waals surface area (Å²) in [5, 5.41) is 12.7. The molecule has 2 rings (SSSR count). The van der Waals surface area contributed by atoms with Crippen molar-refractivity contribution in [2.24, 2.45) is 7.05 Å². The molecule has 6 heteroatoms. The molecule has 1 aromatic carbocycles. The summed E-state index contributed by atoms with van der Waals surface area (Å²) in [6, 6.07) is 11.2. The third kappa shape index (κ3) is 2.62. The number of nitriles is 1. The monoisotopic (exact) mass is 269 g/mol. The van der Waals surface area contributed by atoms with Gasteiger partial charge in [0.1, 0.15) is 11.4 Å². The van der Waals surface area contributed by atoms with Gasteiger partial charge >= 0.3 is 0 Å². The van der Waals surface area contributed by atoms with Gasteiger partial charge in [-0.25, -0.2) is 0 Å². The van der Waals surface area contributed by atoms with Crippen molar-refractivity contribution in [1.82, 2.24) is 9.78 Å². The summed E-state index contributed by atoms with van der Waals surface area (Å²) < 4.78 is 1.45. The number of hydrogen-bond donors (Lipinski definition) is 1. The van der Waals surface area contributed by atoms with Crippen molar-refractivity contribution in [1.29, 1.82) is 5.26 Å². The number of rotatable bonds is 4. The molecule has 2 N–H and O–H groups in total. The van der Waals surface area contributed by atoms with E-state index in [4.69, 9.17) is 11.0 Å². The van der Waals surface area contributed by atoms with Crippen LogP contribution >= 0.6 is 0 Å². The van der Waals surface area contributed by atoms with Gasteiger partial charge in [-0.2, -0.15) is 10.4 Å². The van der Waals surface area contributed by atoms with Crippen LogP contribution in [0.25, 0.3) is 0 Å². The molecular weight excluding hydrogens is 254 g/mol. The van der Waals surface area contributed by atoms with Gasteiger partial charge in [-0.15, -0.1) is 0 Å². The summed E-state index contributed by atoms with van der Waals surface area (Å²) in [7, 11) is 1.67. The van der Waals surface area contributed by atoms with Crippen LogP contribution in [0.15, 0.2) is 36.5 Å². The number of para-hydroxylation sites is 1. The van der Waals surface area contributed by atoms with Gasteiger partial charge in [-0.1, -0.05) is 18.2 Å². The number of aryl methyl sites for hydroxylation is 1. The molecule has 102 valence electrons. The van der Waals surface area contributed by atoms with Crippen LogP contribution < -0.4 is 10.6 Å². The van der Waals surface area contributed by atoms with E-state index in [0.717, 1.165) is 5.69 Å². The average Bonchev–Trinajstić information content (AvgIpc) is 2.80. The summed E-state index contributed by atoms with van der Waals surface area (Å²) in [6.45, 7) is 0.313. The average molecular weight is 269 g/mol. The fraction of sp³-hybridized carbons (Fsp3) is 0.214. The van der Waals surface area contributed by atoms with Gasteiger partial charge in [0.2, 0.25) is 0 Å². The lowest BCUT2D eigenvalue weighted by Crippen LogP contribution is -2.32. The molecule has 0 atom stereocenters. The molecule has 0 fully saturated rings. The van der Waals surface area contributed by atoms with Crippen LogP contribution in [-0.2, 0) is 7.05 Å². The Labute approximate surface area is 117 Å². The van der Waals surface area contributed by atoms with Crippen molar-refractivity contribution in [3.63, 3.8) is 0 Å². The van der Waals surface area contributed by atoms with Gasteiger partial charge in [0.15, 0.2) is 0 Å². The Morgan fingerprint density at radius 3 is 2.70 bits per heavy atom. The van der Waals surface area contributed by atoms with Crippen LogP contribution in [0.2, 0.25) is 0 Å². The van der Waals surface area contributed by atoms with Crippen molar-refractivity contribution in [2.75, 3.05) is 17.2 Å². The van der Waals surface area contributed by atoms with E-state index in [-0.39, 0.29) is 12.3 Å². The van der Waals surface area contributed by atoms with Gasteiger partial charge in [-0.05, 0) is 12.1 Å².